The van der Waals surface area contributed by atoms with Gasteiger partial charge in [0.15, 0.2) is 0 Å². The number of piperazine rings is 1. The maximum absolute atomic E-state index is 5.95. The van der Waals surface area contributed by atoms with Crippen molar-refractivity contribution in [1.82, 2.24) is 9.80 Å². The predicted molar refractivity (Wildman–Crippen MR) is 76.5 cm³/mol. The second-order valence-electron chi connectivity index (χ2n) is 4.92. The minimum Gasteiger partial charge on any atom is -0.466 e. The first kappa shape index (κ1) is 14.1. The molecule has 1 aromatic heterocycles. The molecule has 0 amide bonds. The summed E-state index contributed by atoms with van der Waals surface area (Å²) in [7, 11) is 2.20. The monoisotopic (exact) mass is 315 g/mol. The van der Waals surface area contributed by atoms with Crippen molar-refractivity contribution in [3.63, 3.8) is 0 Å². The van der Waals surface area contributed by atoms with Gasteiger partial charge < -0.3 is 15.1 Å². The third kappa shape index (κ3) is 2.79. The van der Waals surface area contributed by atoms with Gasteiger partial charge in [0.05, 0.1) is 16.8 Å². The van der Waals surface area contributed by atoms with Crippen LogP contribution in [0.4, 0.5) is 0 Å². The molecule has 0 aliphatic carbocycles. The molecule has 2 rings (SSSR count). The molecule has 2 atom stereocenters. The van der Waals surface area contributed by atoms with E-state index >= 15 is 0 Å². The highest BCUT2D eigenvalue weighted by atomic mass is 79.9. The Balaban J connectivity index is 2.12. The van der Waals surface area contributed by atoms with E-state index in [1.165, 1.54) is 6.42 Å². The third-order valence-corrected chi connectivity index (χ3v) is 4.55. The van der Waals surface area contributed by atoms with Gasteiger partial charge in [-0.3, -0.25) is 4.90 Å². The average Bonchev–Trinajstić information content (AvgIpc) is 2.79. The molecular weight excluding hydrogens is 294 g/mol. The molecule has 1 aromatic rings. The van der Waals surface area contributed by atoms with Gasteiger partial charge in [-0.25, -0.2) is 0 Å². The van der Waals surface area contributed by atoms with Crippen molar-refractivity contribution in [2.24, 2.45) is 5.73 Å². The molecule has 1 fully saturated rings. The average molecular weight is 316 g/mol. The molecule has 0 saturated carbocycles. The Morgan fingerprint density at radius 1 is 1.56 bits per heavy atom. The van der Waals surface area contributed by atoms with Gasteiger partial charge in [-0.2, -0.15) is 0 Å². The van der Waals surface area contributed by atoms with Crippen LogP contribution in [-0.2, 0) is 0 Å². The first-order valence-electron chi connectivity index (χ1n) is 6.54. The largest absolute Gasteiger partial charge is 0.466 e. The minimum absolute atomic E-state index is 0.178. The fourth-order valence-corrected chi connectivity index (χ4v) is 3.12. The number of hydrogen-bond donors (Lipinski definition) is 1. The lowest BCUT2D eigenvalue weighted by Gasteiger charge is -2.42. The highest BCUT2D eigenvalue weighted by molar-refractivity contribution is 9.10. The molecule has 2 heterocycles. The number of furan rings is 1. The van der Waals surface area contributed by atoms with Crippen LogP contribution in [0.15, 0.2) is 21.2 Å². The van der Waals surface area contributed by atoms with Crippen molar-refractivity contribution in [2.45, 2.75) is 25.4 Å². The van der Waals surface area contributed by atoms with Crippen LogP contribution in [0.2, 0.25) is 0 Å². The maximum Gasteiger partial charge on any atom is 0.136 e. The predicted octanol–water partition coefficient (Wildman–Crippen LogP) is 2.07. The summed E-state index contributed by atoms with van der Waals surface area (Å²) in [5.74, 6) is 0.955. The summed E-state index contributed by atoms with van der Waals surface area (Å²) in [6, 6.07) is 2.73. The van der Waals surface area contributed by atoms with Crippen LogP contribution < -0.4 is 5.73 Å². The minimum atomic E-state index is 0.178. The highest BCUT2D eigenvalue weighted by Crippen LogP contribution is 2.29. The van der Waals surface area contributed by atoms with E-state index in [-0.39, 0.29) is 6.04 Å². The van der Waals surface area contributed by atoms with E-state index in [4.69, 9.17) is 10.2 Å². The van der Waals surface area contributed by atoms with Gasteiger partial charge in [0.1, 0.15) is 5.76 Å². The molecule has 102 valence electrons. The SMILES string of the molecule is CCC1CN(C(CN)c2occc2Br)CCN1C. The van der Waals surface area contributed by atoms with Crippen molar-refractivity contribution in [3.05, 3.63) is 22.6 Å². The van der Waals surface area contributed by atoms with Crippen LogP contribution in [0, 0.1) is 0 Å². The Hall–Kier alpha value is -0.360. The first-order chi connectivity index (χ1) is 8.67. The normalized spacial score (nSPS) is 24.3. The third-order valence-electron chi connectivity index (χ3n) is 3.89. The van der Waals surface area contributed by atoms with Crippen LogP contribution in [-0.4, -0.2) is 49.1 Å². The molecular formula is C13H22BrN3O. The summed E-state index contributed by atoms with van der Waals surface area (Å²) in [6.07, 6.45) is 2.89. The van der Waals surface area contributed by atoms with Crippen molar-refractivity contribution >= 4 is 15.9 Å². The molecule has 0 radical (unpaired) electrons. The Kier molecular flexibility index (Phi) is 4.84. The number of rotatable bonds is 4. The zero-order valence-corrected chi connectivity index (χ0v) is 12.7. The van der Waals surface area contributed by atoms with Crippen LogP contribution in [0.5, 0.6) is 0 Å². The fourth-order valence-electron chi connectivity index (χ4n) is 2.66. The summed E-state index contributed by atoms with van der Waals surface area (Å²) in [5.41, 5.74) is 5.95. The standard InChI is InChI=1S/C13H22BrN3O/c1-3-10-9-17(6-5-16(10)2)12(8-15)13-11(14)4-7-18-13/h4,7,10,12H,3,5-6,8-9,15H2,1-2H3. The van der Waals surface area contributed by atoms with E-state index < -0.39 is 0 Å². The Morgan fingerprint density at radius 2 is 2.33 bits per heavy atom. The first-order valence-corrected chi connectivity index (χ1v) is 7.33. The zero-order valence-electron chi connectivity index (χ0n) is 11.1. The van der Waals surface area contributed by atoms with Crippen molar-refractivity contribution < 1.29 is 4.42 Å². The molecule has 2 N–H and O–H groups in total. The van der Waals surface area contributed by atoms with Crippen molar-refractivity contribution in [2.75, 3.05) is 33.2 Å². The van der Waals surface area contributed by atoms with Crippen LogP contribution >= 0.6 is 15.9 Å². The molecule has 2 unspecified atom stereocenters. The Bertz CT molecular complexity index is 382. The van der Waals surface area contributed by atoms with Crippen molar-refractivity contribution in [3.8, 4) is 0 Å². The second-order valence-corrected chi connectivity index (χ2v) is 5.78. The van der Waals surface area contributed by atoms with Gasteiger partial charge in [0.2, 0.25) is 0 Å². The quantitative estimate of drug-likeness (QED) is 0.924. The number of hydrogen-bond acceptors (Lipinski definition) is 4. The summed E-state index contributed by atoms with van der Waals surface area (Å²) < 4.78 is 6.60. The van der Waals surface area contributed by atoms with E-state index in [0.29, 0.717) is 12.6 Å². The summed E-state index contributed by atoms with van der Waals surface area (Å²) in [6.45, 7) is 6.02. The van der Waals surface area contributed by atoms with E-state index in [0.717, 1.165) is 29.9 Å². The lowest BCUT2D eigenvalue weighted by atomic mass is 10.1. The Labute approximate surface area is 117 Å². The van der Waals surface area contributed by atoms with Crippen LogP contribution in [0.25, 0.3) is 0 Å². The number of nitrogens with zero attached hydrogens (tertiary/aromatic N) is 2. The second kappa shape index (κ2) is 6.19. The molecule has 4 nitrogen and oxygen atoms in total. The molecule has 1 aliphatic rings. The number of likely N-dealkylation sites (N-methyl/N-ethyl adjacent to an activating group) is 1. The van der Waals surface area contributed by atoms with E-state index in [1.54, 1.807) is 6.26 Å². The van der Waals surface area contributed by atoms with Gasteiger partial charge in [-0.05, 0) is 35.5 Å². The molecule has 5 heteroatoms. The van der Waals surface area contributed by atoms with E-state index in [1.807, 2.05) is 6.07 Å². The molecule has 1 saturated heterocycles. The topological polar surface area (TPSA) is 45.6 Å². The van der Waals surface area contributed by atoms with Gasteiger partial charge >= 0.3 is 0 Å². The van der Waals surface area contributed by atoms with Crippen LogP contribution in [0.3, 0.4) is 0 Å². The molecule has 0 spiro atoms. The van der Waals surface area contributed by atoms with Gasteiger partial charge in [-0.1, -0.05) is 6.92 Å². The van der Waals surface area contributed by atoms with E-state index in [2.05, 4.69) is 39.7 Å². The van der Waals surface area contributed by atoms with Gasteiger partial charge in [0.25, 0.3) is 0 Å². The number of halogens is 1. The summed E-state index contributed by atoms with van der Waals surface area (Å²) in [4.78, 5) is 4.87. The number of nitrogens with two attached hydrogens (primary N) is 1. The molecule has 18 heavy (non-hydrogen) atoms. The Morgan fingerprint density at radius 3 is 2.89 bits per heavy atom. The smallest absolute Gasteiger partial charge is 0.136 e. The lowest BCUT2D eigenvalue weighted by molar-refractivity contribution is 0.0572. The van der Waals surface area contributed by atoms with Gasteiger partial charge in [0, 0.05) is 32.2 Å². The summed E-state index contributed by atoms with van der Waals surface area (Å²) in [5, 5.41) is 0. The van der Waals surface area contributed by atoms with Crippen molar-refractivity contribution in [1.29, 1.82) is 0 Å². The zero-order chi connectivity index (χ0) is 13.1. The molecule has 1 aliphatic heterocycles. The van der Waals surface area contributed by atoms with E-state index in [9.17, 15) is 0 Å². The maximum atomic E-state index is 5.95. The molecule has 0 bridgehead atoms. The fraction of sp³-hybridized carbons (Fsp3) is 0.692. The lowest BCUT2D eigenvalue weighted by Crippen LogP contribution is -2.53. The molecule has 0 aromatic carbocycles. The van der Waals surface area contributed by atoms with Crippen LogP contribution in [0.1, 0.15) is 25.1 Å². The van der Waals surface area contributed by atoms with Gasteiger partial charge in [-0.15, -0.1) is 0 Å². The summed E-state index contributed by atoms with van der Waals surface area (Å²) >= 11 is 3.53. The highest BCUT2D eigenvalue weighted by Gasteiger charge is 2.30.